The van der Waals surface area contributed by atoms with Crippen LogP contribution in [0.2, 0.25) is 0 Å². The number of aliphatic hydroxyl groups is 1. The van der Waals surface area contributed by atoms with Crippen LogP contribution in [-0.2, 0) is 14.3 Å². The Kier molecular flexibility index (Phi) is 6.68. The summed E-state index contributed by atoms with van der Waals surface area (Å²) in [5, 5.41) is 10.4. The van der Waals surface area contributed by atoms with Gasteiger partial charge in [0.05, 0.1) is 13.2 Å². The van der Waals surface area contributed by atoms with Gasteiger partial charge in [-0.3, -0.25) is 9.59 Å². The summed E-state index contributed by atoms with van der Waals surface area (Å²) in [6, 6.07) is 0. The monoisotopic (exact) mass is 360 g/mol. The molecule has 0 aliphatic heterocycles. The maximum absolute atomic E-state index is 12.3. The maximum atomic E-state index is 12.3. The molecule has 144 valence electrons. The smallest absolute Gasteiger partial charge is 0.305 e. The molecule has 3 saturated carbocycles. The zero-order valence-electron chi connectivity index (χ0n) is 15.9. The van der Waals surface area contributed by atoms with Crippen LogP contribution >= 0.6 is 0 Å². The van der Waals surface area contributed by atoms with Crippen molar-refractivity contribution in [2.75, 3.05) is 7.11 Å². The van der Waals surface area contributed by atoms with Crippen LogP contribution in [0.1, 0.15) is 64.2 Å². The molecule has 0 aromatic heterocycles. The SMILES string of the molecule is COC(=O)CCCC=C1C[C@@H]2C[C@@H](O)[C@H](C=CC(=O)C3CCCC3)[C@H]2C1. The number of ether oxygens (including phenoxy) is 1. The molecular formula is C22H32O4. The van der Waals surface area contributed by atoms with E-state index < -0.39 is 0 Å². The van der Waals surface area contributed by atoms with Crippen LogP contribution in [-0.4, -0.2) is 30.1 Å². The predicted molar refractivity (Wildman–Crippen MR) is 100 cm³/mol. The Morgan fingerprint density at radius 1 is 1.23 bits per heavy atom. The van der Waals surface area contributed by atoms with Crippen molar-refractivity contribution in [2.45, 2.75) is 70.3 Å². The number of aliphatic hydroxyl groups excluding tert-OH is 1. The summed E-state index contributed by atoms with van der Waals surface area (Å²) >= 11 is 0. The van der Waals surface area contributed by atoms with Gasteiger partial charge in [0.2, 0.25) is 0 Å². The van der Waals surface area contributed by atoms with Crippen LogP contribution in [0.5, 0.6) is 0 Å². The van der Waals surface area contributed by atoms with Crippen molar-refractivity contribution in [2.24, 2.45) is 23.7 Å². The first-order valence-electron chi connectivity index (χ1n) is 10.2. The van der Waals surface area contributed by atoms with Gasteiger partial charge in [0, 0.05) is 18.3 Å². The number of fused-ring (bicyclic) bond motifs is 1. The third-order valence-electron chi connectivity index (χ3n) is 6.60. The third-order valence-corrected chi connectivity index (χ3v) is 6.60. The summed E-state index contributed by atoms with van der Waals surface area (Å²) < 4.78 is 4.67. The molecule has 26 heavy (non-hydrogen) atoms. The van der Waals surface area contributed by atoms with E-state index in [2.05, 4.69) is 10.8 Å². The number of rotatable bonds is 7. The number of esters is 1. The van der Waals surface area contributed by atoms with E-state index in [4.69, 9.17) is 0 Å². The van der Waals surface area contributed by atoms with Crippen LogP contribution in [0.15, 0.2) is 23.8 Å². The van der Waals surface area contributed by atoms with Gasteiger partial charge < -0.3 is 9.84 Å². The molecule has 4 nitrogen and oxygen atoms in total. The van der Waals surface area contributed by atoms with E-state index >= 15 is 0 Å². The first kappa shape index (κ1) is 19.3. The Morgan fingerprint density at radius 2 is 2.00 bits per heavy atom. The first-order valence-corrected chi connectivity index (χ1v) is 10.2. The molecule has 3 fully saturated rings. The average Bonchev–Trinajstić information content (AvgIpc) is 3.33. The van der Waals surface area contributed by atoms with Crippen molar-refractivity contribution in [3.8, 4) is 0 Å². The number of carbonyl (C=O) groups excluding carboxylic acids is 2. The molecular weight excluding hydrogens is 328 g/mol. The Bertz CT molecular complexity index is 571. The molecule has 0 bridgehead atoms. The lowest BCUT2D eigenvalue weighted by molar-refractivity contribution is -0.140. The molecule has 3 aliphatic rings. The molecule has 0 saturated heterocycles. The maximum Gasteiger partial charge on any atom is 0.305 e. The van der Waals surface area contributed by atoms with Gasteiger partial charge in [0.25, 0.3) is 0 Å². The number of methoxy groups -OCH3 is 1. The second-order valence-electron chi connectivity index (χ2n) is 8.29. The Balaban J connectivity index is 1.51. The quantitative estimate of drug-likeness (QED) is 0.323. The summed E-state index contributed by atoms with van der Waals surface area (Å²) in [4.78, 5) is 23.5. The minimum Gasteiger partial charge on any atom is -0.469 e. The largest absolute Gasteiger partial charge is 0.469 e. The van der Waals surface area contributed by atoms with Gasteiger partial charge in [-0.05, 0) is 62.9 Å². The molecule has 0 aromatic carbocycles. The molecule has 0 spiro atoms. The molecule has 3 rings (SSSR count). The fraction of sp³-hybridized carbons (Fsp3) is 0.727. The fourth-order valence-electron chi connectivity index (χ4n) is 5.15. The first-order chi connectivity index (χ1) is 12.6. The molecule has 4 atom stereocenters. The highest BCUT2D eigenvalue weighted by Crippen LogP contribution is 2.50. The number of unbranched alkanes of at least 4 members (excludes halogenated alkanes) is 1. The number of hydrogen-bond donors (Lipinski definition) is 1. The molecule has 0 radical (unpaired) electrons. The zero-order chi connectivity index (χ0) is 18.5. The van der Waals surface area contributed by atoms with Crippen molar-refractivity contribution in [3.05, 3.63) is 23.8 Å². The fourth-order valence-corrected chi connectivity index (χ4v) is 5.15. The molecule has 4 heteroatoms. The van der Waals surface area contributed by atoms with Crippen LogP contribution in [0.4, 0.5) is 0 Å². The summed E-state index contributed by atoms with van der Waals surface area (Å²) in [5.41, 5.74) is 1.46. The summed E-state index contributed by atoms with van der Waals surface area (Å²) in [6.07, 6.45) is 15.3. The Morgan fingerprint density at radius 3 is 2.73 bits per heavy atom. The summed E-state index contributed by atoms with van der Waals surface area (Å²) in [5.74, 6) is 1.44. The zero-order valence-corrected chi connectivity index (χ0v) is 15.9. The topological polar surface area (TPSA) is 63.6 Å². The van der Waals surface area contributed by atoms with Crippen molar-refractivity contribution in [1.82, 2.24) is 0 Å². The van der Waals surface area contributed by atoms with E-state index in [1.165, 1.54) is 25.5 Å². The number of hydrogen-bond acceptors (Lipinski definition) is 4. The van der Waals surface area contributed by atoms with Gasteiger partial charge in [0.15, 0.2) is 5.78 Å². The van der Waals surface area contributed by atoms with Crippen molar-refractivity contribution >= 4 is 11.8 Å². The van der Waals surface area contributed by atoms with Gasteiger partial charge in [0.1, 0.15) is 0 Å². The Labute approximate surface area is 156 Å². The van der Waals surface area contributed by atoms with E-state index in [9.17, 15) is 14.7 Å². The van der Waals surface area contributed by atoms with E-state index in [0.29, 0.717) is 18.3 Å². The molecule has 0 unspecified atom stereocenters. The van der Waals surface area contributed by atoms with Gasteiger partial charge in [-0.25, -0.2) is 0 Å². The lowest BCUT2D eigenvalue weighted by Crippen LogP contribution is -2.17. The minimum absolute atomic E-state index is 0.117. The van der Waals surface area contributed by atoms with Crippen LogP contribution in [0.25, 0.3) is 0 Å². The van der Waals surface area contributed by atoms with Gasteiger partial charge >= 0.3 is 5.97 Å². The molecule has 0 heterocycles. The second-order valence-corrected chi connectivity index (χ2v) is 8.29. The molecule has 0 aromatic rings. The van der Waals surface area contributed by atoms with Crippen molar-refractivity contribution in [1.29, 1.82) is 0 Å². The summed E-state index contributed by atoms with van der Waals surface area (Å²) in [7, 11) is 1.43. The van der Waals surface area contributed by atoms with Gasteiger partial charge in [-0.2, -0.15) is 0 Å². The highest BCUT2D eigenvalue weighted by Gasteiger charge is 2.45. The molecule has 3 aliphatic carbocycles. The number of ketones is 1. The highest BCUT2D eigenvalue weighted by molar-refractivity contribution is 5.91. The predicted octanol–water partition coefficient (Wildman–Crippen LogP) is 3.98. The Hall–Kier alpha value is -1.42. The third kappa shape index (κ3) is 4.64. The lowest BCUT2D eigenvalue weighted by Gasteiger charge is -2.17. The number of carbonyl (C=O) groups is 2. The number of allylic oxidation sites excluding steroid dienone is 3. The van der Waals surface area contributed by atoms with E-state index in [1.54, 1.807) is 6.08 Å². The van der Waals surface area contributed by atoms with E-state index in [-0.39, 0.29) is 29.7 Å². The lowest BCUT2D eigenvalue weighted by atomic mass is 9.89. The normalized spacial score (nSPS) is 33.2. The average molecular weight is 360 g/mol. The van der Waals surface area contributed by atoms with E-state index in [0.717, 1.165) is 44.9 Å². The van der Waals surface area contributed by atoms with E-state index in [1.807, 2.05) is 6.08 Å². The van der Waals surface area contributed by atoms with Crippen LogP contribution < -0.4 is 0 Å². The highest BCUT2D eigenvalue weighted by atomic mass is 16.5. The minimum atomic E-state index is -0.307. The summed E-state index contributed by atoms with van der Waals surface area (Å²) in [6.45, 7) is 0. The second kappa shape index (κ2) is 8.98. The van der Waals surface area contributed by atoms with Crippen molar-refractivity contribution in [3.63, 3.8) is 0 Å². The van der Waals surface area contributed by atoms with Crippen LogP contribution in [0.3, 0.4) is 0 Å². The van der Waals surface area contributed by atoms with Gasteiger partial charge in [-0.1, -0.05) is 30.6 Å². The standard InChI is InChI=1S/C22H32O4/c1-26-22(25)9-5-2-6-15-12-17-14-21(24)18(19(17)13-15)10-11-20(23)16-7-3-4-8-16/h6,10-11,16-19,21,24H,2-5,7-9,12-14H2,1H3/t17-,18-,19+,21-/m1/s1. The molecule has 0 amide bonds. The van der Waals surface area contributed by atoms with Gasteiger partial charge in [-0.15, -0.1) is 0 Å². The molecule has 1 N–H and O–H groups in total. The van der Waals surface area contributed by atoms with Crippen molar-refractivity contribution < 1.29 is 19.4 Å². The van der Waals surface area contributed by atoms with Crippen LogP contribution in [0, 0.1) is 23.7 Å².